The second-order valence-corrected chi connectivity index (χ2v) is 6.52. The molecule has 0 amide bonds. The van der Waals surface area contributed by atoms with Gasteiger partial charge in [-0.05, 0) is 30.9 Å². The number of aryl methyl sites for hydroxylation is 1. The maximum absolute atomic E-state index is 12.3. The number of halogens is 1. The van der Waals surface area contributed by atoms with Crippen LogP contribution in [0.3, 0.4) is 0 Å². The van der Waals surface area contributed by atoms with E-state index in [1.807, 2.05) is 26.0 Å². The lowest BCUT2D eigenvalue weighted by Gasteiger charge is -2.13. The number of Topliss-reactive ketones (excluding diaryl/α,β-unsaturated/α-hetero) is 1. The van der Waals surface area contributed by atoms with Gasteiger partial charge in [0.05, 0.1) is 5.69 Å². The number of pyridine rings is 1. The van der Waals surface area contributed by atoms with Gasteiger partial charge >= 0.3 is 0 Å². The molecule has 0 unspecified atom stereocenters. The van der Waals surface area contributed by atoms with Gasteiger partial charge in [-0.25, -0.2) is 4.98 Å². The largest absolute Gasteiger partial charge is 0.338 e. The first-order chi connectivity index (χ1) is 11.4. The molecule has 2 aromatic rings. The van der Waals surface area contributed by atoms with Crippen LogP contribution in [0, 0.1) is 6.92 Å². The van der Waals surface area contributed by atoms with Gasteiger partial charge in [0, 0.05) is 18.2 Å². The Morgan fingerprint density at radius 1 is 1.29 bits per heavy atom. The quantitative estimate of drug-likeness (QED) is 0.708. The maximum atomic E-state index is 12.3. The third-order valence-electron chi connectivity index (χ3n) is 3.73. The van der Waals surface area contributed by atoms with Gasteiger partial charge in [0.15, 0.2) is 16.6 Å². The molecule has 0 aliphatic heterocycles. The highest BCUT2D eigenvalue weighted by Gasteiger charge is 2.16. The van der Waals surface area contributed by atoms with Crippen LogP contribution in [0.25, 0.3) is 0 Å². The molecule has 0 atom stereocenters. The van der Waals surface area contributed by atoms with Gasteiger partial charge in [0.25, 0.3) is 0 Å². The molecule has 0 saturated carbocycles. The highest BCUT2D eigenvalue weighted by molar-refractivity contribution is 6.29. The molecule has 0 fully saturated rings. The summed E-state index contributed by atoms with van der Waals surface area (Å²) in [7, 11) is 0. The Balaban J connectivity index is 2.33. The number of nitrogens with one attached hydrogen (secondary N) is 1. The predicted molar refractivity (Wildman–Crippen MR) is 97.2 cm³/mol. The van der Waals surface area contributed by atoms with Gasteiger partial charge in [0.2, 0.25) is 0 Å². The zero-order valence-corrected chi connectivity index (χ0v) is 15.3. The summed E-state index contributed by atoms with van der Waals surface area (Å²) in [6, 6.07) is 5.51. The number of carbonyl (C=O) groups is 1. The summed E-state index contributed by atoms with van der Waals surface area (Å²) in [6.07, 6.45) is 2.22. The van der Waals surface area contributed by atoms with E-state index in [-0.39, 0.29) is 10.9 Å². The zero-order valence-electron chi connectivity index (χ0n) is 14.6. The van der Waals surface area contributed by atoms with E-state index >= 15 is 0 Å². The number of unbranched alkanes of at least 4 members (excludes halogenated alkanes) is 1. The molecule has 0 aliphatic carbocycles. The summed E-state index contributed by atoms with van der Waals surface area (Å²) in [5.41, 5.74) is 3.01. The number of anilines is 2. The second-order valence-electron chi connectivity index (χ2n) is 6.13. The molecule has 24 heavy (non-hydrogen) atoms. The van der Waals surface area contributed by atoms with Gasteiger partial charge < -0.3 is 5.32 Å². The Kier molecular flexibility index (Phi) is 6.26. The Bertz CT molecular complexity index is 731. The average Bonchev–Trinajstić information content (AvgIpc) is 2.54. The molecule has 1 N–H and O–H groups in total. The molecule has 0 spiro atoms. The monoisotopic (exact) mass is 346 g/mol. The lowest BCUT2D eigenvalue weighted by molar-refractivity contribution is 0.0975. The first kappa shape index (κ1) is 18.3. The van der Waals surface area contributed by atoms with E-state index in [1.165, 1.54) is 0 Å². The van der Waals surface area contributed by atoms with Gasteiger partial charge in [-0.2, -0.15) is 0 Å². The number of ketones is 1. The van der Waals surface area contributed by atoms with Crippen LogP contribution in [0.4, 0.5) is 11.5 Å². The van der Waals surface area contributed by atoms with E-state index in [2.05, 4.69) is 34.3 Å². The standard InChI is InChI=1S/C18H23ClN4O/c1-5-6-7-14(24)18-13(10-15(19)22-23-18)20-16-9-8-12(4)17(21-16)11(2)3/h8-11H,5-7H2,1-4H3,(H,20,21,22). The Labute approximate surface area is 147 Å². The first-order valence-electron chi connectivity index (χ1n) is 8.23. The minimum atomic E-state index is -0.0419. The van der Waals surface area contributed by atoms with Crippen LogP contribution in [-0.2, 0) is 0 Å². The van der Waals surface area contributed by atoms with E-state index in [0.29, 0.717) is 29.5 Å². The van der Waals surface area contributed by atoms with Crippen LogP contribution >= 0.6 is 11.6 Å². The number of hydrogen-bond donors (Lipinski definition) is 1. The van der Waals surface area contributed by atoms with Crippen LogP contribution in [0.15, 0.2) is 18.2 Å². The molecule has 0 aliphatic rings. The lowest BCUT2D eigenvalue weighted by atomic mass is 10.0. The van der Waals surface area contributed by atoms with Crippen LogP contribution in [-0.4, -0.2) is 21.0 Å². The average molecular weight is 347 g/mol. The molecule has 0 radical (unpaired) electrons. The van der Waals surface area contributed by atoms with Crippen molar-refractivity contribution in [3.8, 4) is 0 Å². The van der Waals surface area contributed by atoms with E-state index in [4.69, 9.17) is 11.6 Å². The summed E-state index contributed by atoms with van der Waals surface area (Å²) in [6.45, 7) is 8.29. The summed E-state index contributed by atoms with van der Waals surface area (Å²) in [5.74, 6) is 0.939. The fraction of sp³-hybridized carbons (Fsp3) is 0.444. The Hall–Kier alpha value is -2.01. The summed E-state index contributed by atoms with van der Waals surface area (Å²) < 4.78 is 0. The molecule has 0 bridgehead atoms. The maximum Gasteiger partial charge on any atom is 0.185 e. The van der Waals surface area contributed by atoms with Crippen LogP contribution < -0.4 is 5.32 Å². The minimum absolute atomic E-state index is 0.0419. The topological polar surface area (TPSA) is 67.8 Å². The number of carbonyl (C=O) groups excluding carboxylic acids is 1. The van der Waals surface area contributed by atoms with Crippen molar-refractivity contribution in [2.24, 2.45) is 0 Å². The van der Waals surface area contributed by atoms with E-state index in [0.717, 1.165) is 24.1 Å². The molecule has 128 valence electrons. The molecule has 0 saturated heterocycles. The van der Waals surface area contributed by atoms with Crippen molar-refractivity contribution in [1.82, 2.24) is 15.2 Å². The van der Waals surface area contributed by atoms with Crippen molar-refractivity contribution in [2.75, 3.05) is 5.32 Å². The zero-order chi connectivity index (χ0) is 17.7. The van der Waals surface area contributed by atoms with E-state index in [9.17, 15) is 4.79 Å². The summed E-state index contributed by atoms with van der Waals surface area (Å²) in [5, 5.41) is 11.2. The van der Waals surface area contributed by atoms with Gasteiger partial charge in [0.1, 0.15) is 5.82 Å². The molecule has 2 rings (SSSR count). The minimum Gasteiger partial charge on any atom is -0.338 e. The van der Waals surface area contributed by atoms with Crippen molar-refractivity contribution >= 4 is 28.9 Å². The number of hydrogen-bond acceptors (Lipinski definition) is 5. The second kappa shape index (κ2) is 8.20. The third-order valence-corrected chi connectivity index (χ3v) is 3.92. The molecule has 6 heteroatoms. The lowest BCUT2D eigenvalue weighted by Crippen LogP contribution is -2.09. The fourth-order valence-electron chi connectivity index (χ4n) is 2.46. The molecule has 0 aromatic carbocycles. The third kappa shape index (κ3) is 4.51. The first-order valence-corrected chi connectivity index (χ1v) is 8.61. The summed E-state index contributed by atoms with van der Waals surface area (Å²) in [4.78, 5) is 17.0. The van der Waals surface area contributed by atoms with Crippen LogP contribution in [0.1, 0.15) is 67.7 Å². The van der Waals surface area contributed by atoms with E-state index < -0.39 is 0 Å². The van der Waals surface area contributed by atoms with Gasteiger partial charge in [-0.15, -0.1) is 10.2 Å². The normalized spacial score (nSPS) is 10.9. The SMILES string of the molecule is CCCCC(=O)c1nnc(Cl)cc1Nc1ccc(C)c(C(C)C)n1. The number of nitrogens with zero attached hydrogens (tertiary/aromatic N) is 3. The smallest absolute Gasteiger partial charge is 0.185 e. The fourth-order valence-corrected chi connectivity index (χ4v) is 2.61. The molecule has 2 aromatic heterocycles. The van der Waals surface area contributed by atoms with E-state index in [1.54, 1.807) is 6.07 Å². The summed E-state index contributed by atoms with van der Waals surface area (Å²) >= 11 is 5.95. The van der Waals surface area contributed by atoms with Gasteiger partial charge in [-0.1, -0.05) is 44.9 Å². The van der Waals surface area contributed by atoms with Crippen LogP contribution in [0.5, 0.6) is 0 Å². The predicted octanol–water partition coefficient (Wildman–Crippen LogP) is 5.07. The highest BCUT2D eigenvalue weighted by Crippen LogP contribution is 2.25. The van der Waals surface area contributed by atoms with Crippen molar-refractivity contribution in [3.05, 3.63) is 40.3 Å². The van der Waals surface area contributed by atoms with Crippen molar-refractivity contribution in [3.63, 3.8) is 0 Å². The van der Waals surface area contributed by atoms with Crippen LogP contribution in [0.2, 0.25) is 5.15 Å². The van der Waals surface area contributed by atoms with Crippen molar-refractivity contribution in [2.45, 2.75) is 52.9 Å². The molecule has 2 heterocycles. The number of rotatable bonds is 7. The highest BCUT2D eigenvalue weighted by atomic mass is 35.5. The number of aromatic nitrogens is 3. The molecular weight excluding hydrogens is 324 g/mol. The van der Waals surface area contributed by atoms with Crippen molar-refractivity contribution in [1.29, 1.82) is 0 Å². The molecular formula is C18H23ClN4O. The Morgan fingerprint density at radius 2 is 2.04 bits per heavy atom. The van der Waals surface area contributed by atoms with Crippen molar-refractivity contribution < 1.29 is 4.79 Å². The molecule has 5 nitrogen and oxygen atoms in total. The van der Waals surface area contributed by atoms with Gasteiger partial charge in [-0.3, -0.25) is 4.79 Å². The Morgan fingerprint density at radius 3 is 2.71 bits per heavy atom.